The van der Waals surface area contributed by atoms with Crippen LogP contribution in [0.2, 0.25) is 0 Å². The fraction of sp³-hybridized carbons (Fsp3) is 0.333. The smallest absolute Gasteiger partial charge is 0.308 e. The van der Waals surface area contributed by atoms with Crippen molar-refractivity contribution in [2.24, 2.45) is 0 Å². The van der Waals surface area contributed by atoms with Gasteiger partial charge in [-0.25, -0.2) is 4.98 Å². The van der Waals surface area contributed by atoms with Crippen molar-refractivity contribution in [1.29, 1.82) is 0 Å². The number of nitrogens with zero attached hydrogens (tertiary/aromatic N) is 1. The minimum Gasteiger partial charge on any atom is -0.481 e. The van der Waals surface area contributed by atoms with Gasteiger partial charge in [0.1, 0.15) is 0 Å². The van der Waals surface area contributed by atoms with E-state index in [9.17, 15) is 4.79 Å². The summed E-state index contributed by atoms with van der Waals surface area (Å²) in [6.45, 7) is 6.11. The van der Waals surface area contributed by atoms with Crippen molar-refractivity contribution in [3.05, 3.63) is 45.5 Å². The van der Waals surface area contributed by atoms with E-state index in [2.05, 4.69) is 37.0 Å². The molecule has 0 saturated heterocycles. The Balaban J connectivity index is 2.10. The number of hydrogen-bond donors (Lipinski definition) is 1. The number of hydrogen-bond acceptors (Lipinski definition) is 4. The standard InChI is InChI=1S/C15H17NO2S2/c1-9-5-4-6-10(2)12(9)8-19-15-16-11(3)13(20-15)7-14(17)18/h4-6H,7-8H2,1-3H3,(H,17,18). The molecule has 0 atom stereocenters. The lowest BCUT2D eigenvalue weighted by Crippen LogP contribution is -1.99. The normalized spacial score (nSPS) is 10.8. The third-order valence-electron chi connectivity index (χ3n) is 3.17. The van der Waals surface area contributed by atoms with Crippen molar-refractivity contribution < 1.29 is 9.90 Å². The molecule has 106 valence electrons. The molecular weight excluding hydrogens is 290 g/mol. The molecule has 1 N–H and O–H groups in total. The number of carboxylic acid groups (broad SMARTS) is 1. The first-order chi connectivity index (χ1) is 9.47. The van der Waals surface area contributed by atoms with Crippen LogP contribution < -0.4 is 0 Å². The van der Waals surface area contributed by atoms with Gasteiger partial charge in [0.05, 0.1) is 12.1 Å². The second kappa shape index (κ2) is 6.41. The first-order valence-electron chi connectivity index (χ1n) is 6.33. The Labute approximate surface area is 127 Å². The molecule has 0 bridgehead atoms. The molecule has 0 aliphatic heterocycles. The van der Waals surface area contributed by atoms with E-state index < -0.39 is 5.97 Å². The maximum Gasteiger partial charge on any atom is 0.308 e. The third kappa shape index (κ3) is 3.61. The zero-order valence-electron chi connectivity index (χ0n) is 11.8. The average Bonchev–Trinajstić information content (AvgIpc) is 2.68. The second-order valence-electron chi connectivity index (χ2n) is 4.72. The van der Waals surface area contributed by atoms with E-state index in [0.29, 0.717) is 0 Å². The van der Waals surface area contributed by atoms with Crippen LogP contribution in [0.5, 0.6) is 0 Å². The Morgan fingerprint density at radius 2 is 1.95 bits per heavy atom. The Hall–Kier alpha value is -1.33. The van der Waals surface area contributed by atoms with Crippen molar-refractivity contribution in [1.82, 2.24) is 4.98 Å². The van der Waals surface area contributed by atoms with Gasteiger partial charge in [-0.1, -0.05) is 30.0 Å². The molecule has 5 heteroatoms. The Morgan fingerprint density at radius 3 is 2.55 bits per heavy atom. The number of aryl methyl sites for hydroxylation is 3. The predicted octanol–water partition coefficient (Wildman–Crippen LogP) is 3.99. The lowest BCUT2D eigenvalue weighted by Gasteiger charge is -2.07. The summed E-state index contributed by atoms with van der Waals surface area (Å²) in [5.41, 5.74) is 4.75. The van der Waals surface area contributed by atoms with Gasteiger partial charge in [-0.3, -0.25) is 4.79 Å². The number of thiazole rings is 1. The van der Waals surface area contributed by atoms with E-state index in [1.54, 1.807) is 11.8 Å². The zero-order valence-corrected chi connectivity index (χ0v) is 13.4. The van der Waals surface area contributed by atoms with Gasteiger partial charge in [0.2, 0.25) is 0 Å². The van der Waals surface area contributed by atoms with Gasteiger partial charge in [-0.15, -0.1) is 11.3 Å². The summed E-state index contributed by atoms with van der Waals surface area (Å²) in [7, 11) is 0. The summed E-state index contributed by atoms with van der Waals surface area (Å²) in [6, 6.07) is 6.30. The molecule has 3 nitrogen and oxygen atoms in total. The van der Waals surface area contributed by atoms with Crippen molar-refractivity contribution in [3.63, 3.8) is 0 Å². The summed E-state index contributed by atoms with van der Waals surface area (Å²) in [4.78, 5) is 16.1. The zero-order chi connectivity index (χ0) is 14.7. The maximum atomic E-state index is 10.8. The van der Waals surface area contributed by atoms with Gasteiger partial charge in [0.25, 0.3) is 0 Å². The fourth-order valence-electron chi connectivity index (χ4n) is 1.97. The van der Waals surface area contributed by atoms with Crippen LogP contribution in [0.25, 0.3) is 0 Å². The molecule has 2 aromatic rings. The van der Waals surface area contributed by atoms with Crippen LogP contribution in [0.3, 0.4) is 0 Å². The van der Waals surface area contributed by atoms with E-state index in [1.807, 2.05) is 6.92 Å². The van der Waals surface area contributed by atoms with E-state index in [0.717, 1.165) is 20.7 Å². The molecule has 0 unspecified atom stereocenters. The van der Waals surface area contributed by atoms with Crippen LogP contribution in [0, 0.1) is 20.8 Å². The highest BCUT2D eigenvalue weighted by atomic mass is 32.2. The van der Waals surface area contributed by atoms with Crippen LogP contribution in [0.1, 0.15) is 27.3 Å². The third-order valence-corrected chi connectivity index (χ3v) is 5.50. The molecule has 0 aliphatic rings. The number of benzene rings is 1. The van der Waals surface area contributed by atoms with E-state index >= 15 is 0 Å². The molecule has 1 aromatic carbocycles. The molecule has 0 radical (unpaired) electrons. The first-order valence-corrected chi connectivity index (χ1v) is 8.13. The number of carbonyl (C=O) groups is 1. The maximum absolute atomic E-state index is 10.8. The van der Waals surface area contributed by atoms with Gasteiger partial charge in [-0.05, 0) is 37.5 Å². The SMILES string of the molecule is Cc1cccc(C)c1CSc1nc(C)c(CC(=O)O)s1. The van der Waals surface area contributed by atoms with Crippen LogP contribution >= 0.6 is 23.1 Å². The highest BCUT2D eigenvalue weighted by Crippen LogP contribution is 2.31. The minimum absolute atomic E-state index is 0.0629. The average molecular weight is 307 g/mol. The van der Waals surface area contributed by atoms with E-state index in [-0.39, 0.29) is 6.42 Å². The molecule has 0 aliphatic carbocycles. The first kappa shape index (κ1) is 15.1. The highest BCUT2D eigenvalue weighted by Gasteiger charge is 2.12. The quantitative estimate of drug-likeness (QED) is 0.849. The molecule has 0 spiro atoms. The van der Waals surface area contributed by atoms with Crippen LogP contribution in [-0.2, 0) is 17.0 Å². The molecule has 0 saturated carbocycles. The number of rotatable bonds is 5. The number of aliphatic carboxylic acids is 1. The monoisotopic (exact) mass is 307 g/mol. The molecule has 2 rings (SSSR count). The van der Waals surface area contributed by atoms with Crippen molar-refractivity contribution in [2.75, 3.05) is 0 Å². The summed E-state index contributed by atoms with van der Waals surface area (Å²) in [5.74, 6) is 0.0703. The predicted molar refractivity (Wildman–Crippen MR) is 83.7 cm³/mol. The Bertz CT molecular complexity index is 615. The van der Waals surface area contributed by atoms with Gasteiger partial charge < -0.3 is 5.11 Å². The molecule has 1 heterocycles. The van der Waals surface area contributed by atoms with Gasteiger partial charge in [-0.2, -0.15) is 0 Å². The van der Waals surface area contributed by atoms with Gasteiger partial charge in [0, 0.05) is 10.6 Å². The van der Waals surface area contributed by atoms with Crippen molar-refractivity contribution >= 4 is 29.1 Å². The summed E-state index contributed by atoms with van der Waals surface area (Å²) >= 11 is 3.17. The second-order valence-corrected chi connectivity index (χ2v) is 7.02. The Kier molecular flexibility index (Phi) is 4.83. The topological polar surface area (TPSA) is 50.2 Å². The lowest BCUT2D eigenvalue weighted by atomic mass is 10.1. The molecule has 1 aromatic heterocycles. The van der Waals surface area contributed by atoms with Crippen LogP contribution in [-0.4, -0.2) is 16.1 Å². The minimum atomic E-state index is -0.803. The molecule has 0 amide bonds. The van der Waals surface area contributed by atoms with Crippen molar-refractivity contribution in [3.8, 4) is 0 Å². The highest BCUT2D eigenvalue weighted by molar-refractivity contribution is 8.00. The largest absolute Gasteiger partial charge is 0.481 e. The molecule has 20 heavy (non-hydrogen) atoms. The lowest BCUT2D eigenvalue weighted by molar-refractivity contribution is -0.136. The fourth-order valence-corrected chi connectivity index (χ4v) is 4.40. The van der Waals surface area contributed by atoms with Crippen LogP contribution in [0.15, 0.2) is 22.5 Å². The van der Waals surface area contributed by atoms with Gasteiger partial charge in [0.15, 0.2) is 4.34 Å². The molecule has 0 fully saturated rings. The number of aromatic nitrogens is 1. The Morgan fingerprint density at radius 1 is 1.30 bits per heavy atom. The number of thioether (sulfide) groups is 1. The number of carboxylic acids is 1. The van der Waals surface area contributed by atoms with E-state index in [4.69, 9.17) is 5.11 Å². The van der Waals surface area contributed by atoms with Gasteiger partial charge >= 0.3 is 5.97 Å². The summed E-state index contributed by atoms with van der Waals surface area (Å²) in [6.07, 6.45) is 0.0629. The summed E-state index contributed by atoms with van der Waals surface area (Å²) < 4.78 is 0.946. The van der Waals surface area contributed by atoms with Crippen LogP contribution in [0.4, 0.5) is 0 Å². The van der Waals surface area contributed by atoms with Crippen molar-refractivity contribution in [2.45, 2.75) is 37.3 Å². The summed E-state index contributed by atoms with van der Waals surface area (Å²) in [5, 5.41) is 8.85. The van der Waals surface area contributed by atoms with E-state index in [1.165, 1.54) is 28.0 Å². The molecular formula is C15H17NO2S2.